The molecule has 2 nitrogen and oxygen atoms in total. The molecular formula is C26H21F7O2. The van der Waals surface area contributed by atoms with Gasteiger partial charge in [-0.25, -0.2) is 22.0 Å². The molecule has 2 unspecified atom stereocenters. The lowest BCUT2D eigenvalue weighted by Crippen LogP contribution is -2.25. The van der Waals surface area contributed by atoms with Crippen LogP contribution in [0.4, 0.5) is 30.7 Å². The van der Waals surface area contributed by atoms with Gasteiger partial charge < -0.3 is 9.47 Å². The van der Waals surface area contributed by atoms with Crippen molar-refractivity contribution in [1.82, 2.24) is 0 Å². The lowest BCUT2D eigenvalue weighted by atomic mass is 9.96. The second-order valence-electron chi connectivity index (χ2n) is 8.59. The Balaban J connectivity index is 1.57. The van der Waals surface area contributed by atoms with Gasteiger partial charge in [0.2, 0.25) is 0 Å². The van der Waals surface area contributed by atoms with Crippen LogP contribution in [0.25, 0.3) is 11.1 Å². The van der Waals surface area contributed by atoms with E-state index < -0.39 is 46.5 Å². The fourth-order valence-electron chi connectivity index (χ4n) is 4.04. The van der Waals surface area contributed by atoms with E-state index in [1.54, 1.807) is 24.3 Å². The van der Waals surface area contributed by atoms with Gasteiger partial charge in [0, 0.05) is 18.7 Å². The fourth-order valence-corrected chi connectivity index (χ4v) is 4.04. The molecule has 4 rings (SSSR count). The lowest BCUT2D eigenvalue weighted by Gasteiger charge is -2.20. The summed E-state index contributed by atoms with van der Waals surface area (Å²) in [7, 11) is 0. The highest BCUT2D eigenvalue weighted by molar-refractivity contribution is 5.64. The maximum absolute atomic E-state index is 14.6. The SMILES string of the molecule is CC1CCOC(c2ccc(-c3cc(F)c(C(F)(F)Oc4cc(F)c(F)c(F)c4)c(F)c3)cc2)CC1. The van der Waals surface area contributed by atoms with Crippen LogP contribution in [0.15, 0.2) is 48.5 Å². The van der Waals surface area contributed by atoms with Crippen molar-refractivity contribution in [2.45, 2.75) is 38.4 Å². The molecule has 9 heteroatoms. The smallest absolute Gasteiger partial charge is 0.429 e. The van der Waals surface area contributed by atoms with E-state index in [-0.39, 0.29) is 23.8 Å². The van der Waals surface area contributed by atoms with E-state index in [0.717, 1.165) is 24.8 Å². The molecule has 2 atom stereocenters. The third kappa shape index (κ3) is 5.45. The molecule has 1 aliphatic rings. The molecule has 1 fully saturated rings. The van der Waals surface area contributed by atoms with Crippen molar-refractivity contribution in [1.29, 1.82) is 0 Å². The minimum Gasteiger partial charge on any atom is -0.429 e. The van der Waals surface area contributed by atoms with E-state index in [1.807, 2.05) is 0 Å². The standard InChI is InChI=1S/C26H21F7O2/c1-14-2-7-23(34-9-8-14)16-5-3-15(4-6-16)17-10-19(27)24(20(28)11-17)26(32,33)35-18-12-21(29)25(31)22(30)13-18/h3-6,10-14,23H,2,7-9H2,1H3. The second-order valence-corrected chi connectivity index (χ2v) is 8.59. The van der Waals surface area contributed by atoms with Crippen LogP contribution >= 0.6 is 0 Å². The summed E-state index contributed by atoms with van der Waals surface area (Å²) in [6.45, 7) is 2.80. The molecule has 0 aromatic heterocycles. The Bertz CT molecular complexity index is 1160. The maximum atomic E-state index is 14.6. The summed E-state index contributed by atoms with van der Waals surface area (Å²) in [4.78, 5) is 0. The van der Waals surface area contributed by atoms with Gasteiger partial charge >= 0.3 is 6.11 Å². The van der Waals surface area contributed by atoms with E-state index in [9.17, 15) is 30.7 Å². The van der Waals surface area contributed by atoms with E-state index in [4.69, 9.17) is 4.74 Å². The van der Waals surface area contributed by atoms with Crippen LogP contribution in [-0.2, 0) is 10.8 Å². The van der Waals surface area contributed by atoms with Crippen molar-refractivity contribution >= 4 is 0 Å². The zero-order chi connectivity index (χ0) is 25.3. The van der Waals surface area contributed by atoms with Crippen LogP contribution in [0.2, 0.25) is 0 Å². The molecule has 0 spiro atoms. The molecule has 1 aliphatic heterocycles. The van der Waals surface area contributed by atoms with Crippen molar-refractivity contribution in [3.63, 3.8) is 0 Å². The highest BCUT2D eigenvalue weighted by Crippen LogP contribution is 2.38. The third-order valence-electron chi connectivity index (χ3n) is 6.00. The monoisotopic (exact) mass is 498 g/mol. The molecule has 186 valence electrons. The number of benzene rings is 3. The van der Waals surface area contributed by atoms with Gasteiger partial charge in [-0.3, -0.25) is 0 Å². The van der Waals surface area contributed by atoms with Crippen molar-refractivity contribution in [3.05, 3.63) is 88.7 Å². The van der Waals surface area contributed by atoms with Gasteiger partial charge in [0.1, 0.15) is 22.9 Å². The summed E-state index contributed by atoms with van der Waals surface area (Å²) >= 11 is 0. The van der Waals surface area contributed by atoms with Gasteiger partial charge in [-0.15, -0.1) is 0 Å². The first-order valence-corrected chi connectivity index (χ1v) is 11.0. The molecule has 0 amide bonds. The Kier molecular flexibility index (Phi) is 7.07. The number of hydrogen-bond acceptors (Lipinski definition) is 2. The molecule has 1 heterocycles. The molecular weight excluding hydrogens is 477 g/mol. The van der Waals surface area contributed by atoms with Crippen molar-refractivity contribution in [3.8, 4) is 16.9 Å². The average molecular weight is 498 g/mol. The van der Waals surface area contributed by atoms with Crippen molar-refractivity contribution < 1.29 is 40.2 Å². The van der Waals surface area contributed by atoms with Crippen LogP contribution < -0.4 is 4.74 Å². The van der Waals surface area contributed by atoms with Gasteiger partial charge in [0.05, 0.1) is 6.10 Å². The predicted molar refractivity (Wildman–Crippen MR) is 114 cm³/mol. The fraction of sp³-hybridized carbons (Fsp3) is 0.308. The van der Waals surface area contributed by atoms with E-state index in [0.29, 0.717) is 30.2 Å². The summed E-state index contributed by atoms with van der Waals surface area (Å²) in [5, 5.41) is 0. The van der Waals surface area contributed by atoms with Gasteiger partial charge in [0.15, 0.2) is 17.5 Å². The Labute approximate surface area is 197 Å². The molecule has 1 saturated heterocycles. The van der Waals surface area contributed by atoms with Gasteiger partial charge in [-0.05, 0) is 54.0 Å². The lowest BCUT2D eigenvalue weighted by molar-refractivity contribution is -0.189. The van der Waals surface area contributed by atoms with E-state index in [2.05, 4.69) is 11.7 Å². The summed E-state index contributed by atoms with van der Waals surface area (Å²) in [5.41, 5.74) is -0.463. The molecule has 0 saturated carbocycles. The molecule has 3 aromatic rings. The second kappa shape index (κ2) is 9.89. The number of hydrogen-bond donors (Lipinski definition) is 0. The number of rotatable bonds is 5. The zero-order valence-electron chi connectivity index (χ0n) is 18.6. The van der Waals surface area contributed by atoms with Crippen LogP contribution in [-0.4, -0.2) is 6.61 Å². The van der Waals surface area contributed by atoms with E-state index >= 15 is 0 Å². The normalized spacial score (nSPS) is 18.9. The first-order chi connectivity index (χ1) is 16.5. The first kappa shape index (κ1) is 25.0. The zero-order valence-corrected chi connectivity index (χ0v) is 18.6. The van der Waals surface area contributed by atoms with Crippen LogP contribution in [0.5, 0.6) is 5.75 Å². The highest BCUT2D eigenvalue weighted by Gasteiger charge is 2.41. The first-order valence-electron chi connectivity index (χ1n) is 11.0. The molecule has 35 heavy (non-hydrogen) atoms. The molecule has 0 radical (unpaired) electrons. The summed E-state index contributed by atoms with van der Waals surface area (Å²) in [6.07, 6.45) is -1.91. The van der Waals surface area contributed by atoms with Crippen molar-refractivity contribution in [2.24, 2.45) is 5.92 Å². The third-order valence-corrected chi connectivity index (χ3v) is 6.00. The molecule has 0 bridgehead atoms. The molecule has 3 aromatic carbocycles. The predicted octanol–water partition coefficient (Wildman–Crippen LogP) is 8.06. The van der Waals surface area contributed by atoms with E-state index in [1.165, 1.54) is 0 Å². The summed E-state index contributed by atoms with van der Waals surface area (Å²) in [6, 6.07) is 8.46. The highest BCUT2D eigenvalue weighted by atomic mass is 19.3. The van der Waals surface area contributed by atoms with Crippen LogP contribution in [0.3, 0.4) is 0 Å². The van der Waals surface area contributed by atoms with Crippen molar-refractivity contribution in [2.75, 3.05) is 6.61 Å². The Morgan fingerprint density at radius 1 is 0.771 bits per heavy atom. The molecule has 0 N–H and O–H groups in total. The van der Waals surface area contributed by atoms with Crippen LogP contribution in [0.1, 0.15) is 43.4 Å². The molecule has 0 aliphatic carbocycles. The Morgan fingerprint density at radius 2 is 1.37 bits per heavy atom. The van der Waals surface area contributed by atoms with Gasteiger partial charge in [-0.2, -0.15) is 8.78 Å². The number of ether oxygens (including phenoxy) is 2. The maximum Gasteiger partial charge on any atom is 0.432 e. The topological polar surface area (TPSA) is 18.5 Å². The number of halogens is 7. The summed E-state index contributed by atoms with van der Waals surface area (Å²) in [5.74, 6) is -9.31. The van der Waals surface area contributed by atoms with Gasteiger partial charge in [-0.1, -0.05) is 31.2 Å². The number of alkyl halides is 2. The largest absolute Gasteiger partial charge is 0.432 e. The van der Waals surface area contributed by atoms with Crippen LogP contribution in [0, 0.1) is 35.0 Å². The quantitative estimate of drug-likeness (QED) is 0.262. The minimum absolute atomic E-state index is 0.000350. The van der Waals surface area contributed by atoms with Gasteiger partial charge in [0.25, 0.3) is 0 Å². The average Bonchev–Trinajstić information content (AvgIpc) is 3.01. The Hall–Kier alpha value is -3.07. The summed E-state index contributed by atoms with van der Waals surface area (Å²) < 4.78 is 108. The minimum atomic E-state index is -4.64. The Morgan fingerprint density at radius 3 is 1.97 bits per heavy atom.